The first-order valence-corrected chi connectivity index (χ1v) is 9.47. The van der Waals surface area contributed by atoms with Crippen molar-refractivity contribution in [2.75, 3.05) is 10.0 Å². The molecule has 2 aromatic carbocycles. The van der Waals surface area contributed by atoms with Gasteiger partial charge in [0.25, 0.3) is 10.0 Å². The Bertz CT molecular complexity index is 858. The summed E-state index contributed by atoms with van der Waals surface area (Å²) in [6.45, 7) is 0. The Kier molecular flexibility index (Phi) is 4.71. The van der Waals surface area contributed by atoms with Crippen LogP contribution in [0.2, 0.25) is 10.0 Å². The molecule has 0 bridgehead atoms. The molecule has 0 saturated heterocycles. The molecule has 0 heterocycles. The monoisotopic (exact) mass is 384 g/mol. The van der Waals surface area contributed by atoms with Gasteiger partial charge in [-0.3, -0.25) is 9.52 Å². The Balaban J connectivity index is 1.73. The van der Waals surface area contributed by atoms with Gasteiger partial charge in [0.15, 0.2) is 0 Å². The van der Waals surface area contributed by atoms with Gasteiger partial charge in [0, 0.05) is 27.3 Å². The molecule has 5 nitrogen and oxygen atoms in total. The molecule has 3 rings (SSSR count). The molecular formula is C16H14Cl2N2O3S. The molecule has 0 aromatic heterocycles. The van der Waals surface area contributed by atoms with E-state index in [0.717, 1.165) is 12.8 Å². The second-order valence-corrected chi connectivity index (χ2v) is 8.11. The maximum Gasteiger partial charge on any atom is 0.261 e. The predicted molar refractivity (Wildman–Crippen MR) is 95.1 cm³/mol. The van der Waals surface area contributed by atoms with Crippen LogP contribution < -0.4 is 10.0 Å². The minimum absolute atomic E-state index is 0.00287. The van der Waals surface area contributed by atoms with E-state index in [1.807, 2.05) is 0 Å². The molecule has 1 fully saturated rings. The molecular weight excluding hydrogens is 371 g/mol. The highest BCUT2D eigenvalue weighted by Gasteiger charge is 2.29. The predicted octanol–water partition coefficient (Wildman–Crippen LogP) is 4.14. The van der Waals surface area contributed by atoms with E-state index in [1.54, 1.807) is 24.3 Å². The first kappa shape index (κ1) is 17.1. The van der Waals surface area contributed by atoms with Gasteiger partial charge < -0.3 is 5.32 Å². The number of carbonyl (C=O) groups excluding carboxylic acids is 1. The zero-order chi connectivity index (χ0) is 17.3. The van der Waals surface area contributed by atoms with Gasteiger partial charge in [0.05, 0.1) is 4.90 Å². The first-order chi connectivity index (χ1) is 11.3. The van der Waals surface area contributed by atoms with E-state index >= 15 is 0 Å². The number of sulfonamides is 1. The largest absolute Gasteiger partial charge is 0.326 e. The first-order valence-electron chi connectivity index (χ1n) is 7.23. The van der Waals surface area contributed by atoms with Crippen LogP contribution in [0.15, 0.2) is 47.4 Å². The number of hydrogen-bond donors (Lipinski definition) is 2. The third kappa shape index (κ3) is 4.20. The molecule has 0 radical (unpaired) electrons. The lowest BCUT2D eigenvalue weighted by atomic mass is 10.2. The number of amides is 1. The zero-order valence-electron chi connectivity index (χ0n) is 12.4. The fraction of sp³-hybridized carbons (Fsp3) is 0.188. The van der Waals surface area contributed by atoms with Crippen LogP contribution in [0.5, 0.6) is 0 Å². The molecule has 0 unspecified atom stereocenters. The number of rotatable bonds is 5. The normalized spacial score (nSPS) is 14.2. The molecule has 1 aliphatic carbocycles. The van der Waals surface area contributed by atoms with E-state index in [-0.39, 0.29) is 26.8 Å². The molecule has 1 amide bonds. The average Bonchev–Trinajstić information content (AvgIpc) is 3.33. The van der Waals surface area contributed by atoms with Gasteiger partial charge in [0.1, 0.15) is 0 Å². The number of nitrogens with one attached hydrogen (secondary N) is 2. The molecule has 0 spiro atoms. The van der Waals surface area contributed by atoms with Crippen molar-refractivity contribution < 1.29 is 13.2 Å². The van der Waals surface area contributed by atoms with Crippen LogP contribution in [0.3, 0.4) is 0 Å². The summed E-state index contributed by atoms with van der Waals surface area (Å²) < 4.78 is 27.2. The van der Waals surface area contributed by atoms with Crippen LogP contribution in [0.25, 0.3) is 0 Å². The number of benzene rings is 2. The maximum atomic E-state index is 12.4. The molecule has 1 aliphatic rings. The van der Waals surface area contributed by atoms with E-state index in [2.05, 4.69) is 10.0 Å². The third-order valence-electron chi connectivity index (χ3n) is 3.50. The lowest BCUT2D eigenvalue weighted by Crippen LogP contribution is -2.14. The summed E-state index contributed by atoms with van der Waals surface area (Å²) >= 11 is 11.7. The quantitative estimate of drug-likeness (QED) is 0.812. The van der Waals surface area contributed by atoms with E-state index in [1.165, 1.54) is 18.2 Å². The molecule has 2 aromatic rings. The molecule has 1 saturated carbocycles. The Morgan fingerprint density at radius 1 is 0.958 bits per heavy atom. The average molecular weight is 385 g/mol. The minimum atomic E-state index is -3.80. The van der Waals surface area contributed by atoms with Crippen molar-refractivity contribution in [3.8, 4) is 0 Å². The Hall–Kier alpha value is -1.76. The van der Waals surface area contributed by atoms with Crippen LogP contribution in [0, 0.1) is 5.92 Å². The summed E-state index contributed by atoms with van der Waals surface area (Å²) in [5.74, 6) is 0.104. The van der Waals surface area contributed by atoms with Crippen molar-refractivity contribution in [2.45, 2.75) is 17.7 Å². The fourth-order valence-corrected chi connectivity index (χ4v) is 3.89. The summed E-state index contributed by atoms with van der Waals surface area (Å²) in [6.07, 6.45) is 1.85. The van der Waals surface area contributed by atoms with Crippen molar-refractivity contribution >= 4 is 50.5 Å². The smallest absolute Gasteiger partial charge is 0.261 e. The van der Waals surface area contributed by atoms with Crippen LogP contribution in [-0.2, 0) is 14.8 Å². The van der Waals surface area contributed by atoms with Gasteiger partial charge in [-0.15, -0.1) is 0 Å². The Labute approximate surface area is 150 Å². The number of carbonyl (C=O) groups is 1. The highest BCUT2D eigenvalue weighted by atomic mass is 35.5. The molecule has 0 aliphatic heterocycles. The van der Waals surface area contributed by atoms with Gasteiger partial charge in [-0.1, -0.05) is 23.2 Å². The molecule has 2 N–H and O–H groups in total. The second-order valence-electron chi connectivity index (χ2n) is 5.55. The number of halogens is 2. The second kappa shape index (κ2) is 6.63. The van der Waals surface area contributed by atoms with Gasteiger partial charge in [-0.2, -0.15) is 0 Å². The summed E-state index contributed by atoms with van der Waals surface area (Å²) in [4.78, 5) is 11.7. The minimum Gasteiger partial charge on any atom is -0.326 e. The molecule has 0 atom stereocenters. The number of hydrogen-bond acceptors (Lipinski definition) is 3. The maximum absolute atomic E-state index is 12.4. The highest BCUT2D eigenvalue weighted by Crippen LogP contribution is 2.30. The van der Waals surface area contributed by atoms with Crippen molar-refractivity contribution in [3.63, 3.8) is 0 Å². The third-order valence-corrected chi connectivity index (χ3v) is 5.30. The van der Waals surface area contributed by atoms with E-state index in [0.29, 0.717) is 11.4 Å². The number of anilines is 2. The summed E-state index contributed by atoms with van der Waals surface area (Å²) in [5, 5.41) is 3.26. The van der Waals surface area contributed by atoms with E-state index < -0.39 is 10.0 Å². The molecule has 8 heteroatoms. The van der Waals surface area contributed by atoms with Gasteiger partial charge >= 0.3 is 0 Å². The molecule has 126 valence electrons. The summed E-state index contributed by atoms with van der Waals surface area (Å²) in [7, 11) is -3.80. The van der Waals surface area contributed by atoms with Crippen molar-refractivity contribution in [1.82, 2.24) is 0 Å². The standard InChI is InChI=1S/C16H14Cl2N2O3S/c17-11-7-12(18)9-15(8-11)24(22,23)20-14-5-3-13(4-6-14)19-16(21)10-1-2-10/h3-10,20H,1-2H2,(H,19,21). The van der Waals surface area contributed by atoms with Crippen LogP contribution in [0.4, 0.5) is 11.4 Å². The SMILES string of the molecule is O=C(Nc1ccc(NS(=O)(=O)c2cc(Cl)cc(Cl)c2)cc1)C1CC1. The van der Waals surface area contributed by atoms with Crippen LogP contribution >= 0.6 is 23.2 Å². The van der Waals surface area contributed by atoms with Gasteiger partial charge in [0.2, 0.25) is 5.91 Å². The summed E-state index contributed by atoms with van der Waals surface area (Å²) in [6, 6.07) is 10.5. The Morgan fingerprint density at radius 3 is 2.04 bits per heavy atom. The lowest BCUT2D eigenvalue weighted by Gasteiger charge is -2.10. The fourth-order valence-electron chi connectivity index (χ4n) is 2.11. The van der Waals surface area contributed by atoms with E-state index in [4.69, 9.17) is 23.2 Å². The van der Waals surface area contributed by atoms with Gasteiger partial charge in [-0.05, 0) is 55.3 Å². The van der Waals surface area contributed by atoms with Crippen LogP contribution in [0.1, 0.15) is 12.8 Å². The van der Waals surface area contributed by atoms with Crippen molar-refractivity contribution in [3.05, 3.63) is 52.5 Å². The zero-order valence-corrected chi connectivity index (χ0v) is 14.8. The summed E-state index contributed by atoms with van der Waals surface area (Å²) in [5.41, 5.74) is 0.996. The van der Waals surface area contributed by atoms with Crippen molar-refractivity contribution in [1.29, 1.82) is 0 Å². The Morgan fingerprint density at radius 2 is 1.50 bits per heavy atom. The van der Waals surface area contributed by atoms with Gasteiger partial charge in [-0.25, -0.2) is 8.42 Å². The lowest BCUT2D eigenvalue weighted by molar-refractivity contribution is -0.117. The topological polar surface area (TPSA) is 75.3 Å². The van der Waals surface area contributed by atoms with Crippen molar-refractivity contribution in [2.24, 2.45) is 5.92 Å². The van der Waals surface area contributed by atoms with E-state index in [9.17, 15) is 13.2 Å². The molecule has 24 heavy (non-hydrogen) atoms. The van der Waals surface area contributed by atoms with Crippen LogP contribution in [-0.4, -0.2) is 14.3 Å². The highest BCUT2D eigenvalue weighted by molar-refractivity contribution is 7.92.